The molecule has 3 aromatic carbocycles. The lowest BCUT2D eigenvalue weighted by Gasteiger charge is -2.13. The average molecular weight is 538 g/mol. The molecule has 10 heteroatoms. The van der Waals surface area contributed by atoms with Crippen LogP contribution in [0, 0.1) is 21.4 Å². The summed E-state index contributed by atoms with van der Waals surface area (Å²) in [7, 11) is 3.00. The van der Waals surface area contributed by atoms with Gasteiger partial charge in [-0.1, -0.05) is 28.1 Å². The molecule has 0 aliphatic carbocycles. The number of hydrogen-bond donors (Lipinski definition) is 1. The molecule has 0 heterocycles. The van der Waals surface area contributed by atoms with Crippen molar-refractivity contribution in [1.29, 1.82) is 5.26 Å². The number of carbonyl (C=O) groups is 1. The zero-order valence-corrected chi connectivity index (χ0v) is 20.4. The molecule has 1 N–H and O–H groups in total. The van der Waals surface area contributed by atoms with Gasteiger partial charge in [-0.25, -0.2) is 0 Å². The second-order valence-electron chi connectivity index (χ2n) is 7.09. The van der Waals surface area contributed by atoms with Gasteiger partial charge in [0.05, 0.1) is 19.1 Å². The Morgan fingerprint density at radius 2 is 1.86 bits per heavy atom. The van der Waals surface area contributed by atoms with Gasteiger partial charge in [-0.3, -0.25) is 14.9 Å². The Morgan fingerprint density at radius 3 is 2.49 bits per heavy atom. The fraction of sp³-hybridized carbons (Fsp3) is 0.120. The minimum Gasteiger partial charge on any atom is -0.497 e. The SMILES string of the molecule is COc1ccc(NC(=O)/C(C#N)=C\c2cc(OC)c(OCc3cccc([N+](=O)[O-])c3)cc2Br)cc1. The number of nitrogens with zero attached hydrogens (tertiary/aromatic N) is 2. The molecule has 3 aromatic rings. The Kier molecular flexibility index (Phi) is 8.43. The quantitative estimate of drug-likeness (QED) is 0.165. The van der Waals surface area contributed by atoms with Crippen LogP contribution in [0.5, 0.6) is 17.2 Å². The summed E-state index contributed by atoms with van der Waals surface area (Å²) in [5, 5.41) is 23.2. The highest BCUT2D eigenvalue weighted by molar-refractivity contribution is 9.10. The Labute approximate surface area is 209 Å². The van der Waals surface area contributed by atoms with Crippen LogP contribution in [0.3, 0.4) is 0 Å². The van der Waals surface area contributed by atoms with E-state index in [2.05, 4.69) is 21.2 Å². The molecular weight excluding hydrogens is 518 g/mol. The molecule has 178 valence electrons. The summed E-state index contributed by atoms with van der Waals surface area (Å²) in [4.78, 5) is 23.1. The predicted molar refractivity (Wildman–Crippen MR) is 133 cm³/mol. The highest BCUT2D eigenvalue weighted by atomic mass is 79.9. The van der Waals surface area contributed by atoms with Crippen molar-refractivity contribution in [3.8, 4) is 23.3 Å². The van der Waals surface area contributed by atoms with Gasteiger partial charge in [0.15, 0.2) is 11.5 Å². The van der Waals surface area contributed by atoms with Crippen molar-refractivity contribution < 1.29 is 23.9 Å². The molecule has 0 fully saturated rings. The lowest BCUT2D eigenvalue weighted by molar-refractivity contribution is -0.384. The van der Waals surface area contributed by atoms with Gasteiger partial charge in [0.2, 0.25) is 0 Å². The van der Waals surface area contributed by atoms with Crippen LogP contribution in [0.15, 0.2) is 70.7 Å². The summed E-state index contributed by atoms with van der Waals surface area (Å²) < 4.78 is 16.9. The van der Waals surface area contributed by atoms with E-state index in [1.807, 2.05) is 6.07 Å². The number of halogens is 1. The highest BCUT2D eigenvalue weighted by Crippen LogP contribution is 2.35. The maximum absolute atomic E-state index is 12.6. The van der Waals surface area contributed by atoms with Crippen LogP contribution in [0.25, 0.3) is 6.08 Å². The average Bonchev–Trinajstić information content (AvgIpc) is 2.87. The fourth-order valence-corrected chi connectivity index (χ4v) is 3.47. The Bertz CT molecular complexity index is 1320. The predicted octanol–water partition coefficient (Wildman–Crippen LogP) is 5.50. The third kappa shape index (κ3) is 6.59. The summed E-state index contributed by atoms with van der Waals surface area (Å²) in [6.07, 6.45) is 1.43. The molecule has 0 aliphatic rings. The van der Waals surface area contributed by atoms with Gasteiger partial charge in [0.1, 0.15) is 24.0 Å². The lowest BCUT2D eigenvalue weighted by Crippen LogP contribution is -2.13. The number of ether oxygens (including phenoxy) is 3. The number of anilines is 1. The van der Waals surface area contributed by atoms with E-state index in [4.69, 9.17) is 14.2 Å². The van der Waals surface area contributed by atoms with Gasteiger partial charge in [-0.05, 0) is 53.6 Å². The molecule has 35 heavy (non-hydrogen) atoms. The van der Waals surface area contributed by atoms with Crippen molar-refractivity contribution in [2.24, 2.45) is 0 Å². The van der Waals surface area contributed by atoms with Crippen LogP contribution < -0.4 is 19.5 Å². The Balaban J connectivity index is 1.80. The van der Waals surface area contributed by atoms with Crippen molar-refractivity contribution >= 4 is 39.3 Å². The Morgan fingerprint density at radius 1 is 1.11 bits per heavy atom. The van der Waals surface area contributed by atoms with Gasteiger partial charge in [0.25, 0.3) is 11.6 Å². The molecule has 0 aliphatic heterocycles. The first-order valence-electron chi connectivity index (χ1n) is 10.2. The molecule has 0 bridgehead atoms. The van der Waals surface area contributed by atoms with Crippen molar-refractivity contribution in [3.63, 3.8) is 0 Å². The van der Waals surface area contributed by atoms with Crippen LogP contribution in [-0.2, 0) is 11.4 Å². The lowest BCUT2D eigenvalue weighted by atomic mass is 10.1. The summed E-state index contributed by atoms with van der Waals surface area (Å²) in [6, 6.07) is 18.0. The number of nitro groups is 1. The number of non-ortho nitro benzene ring substituents is 1. The zero-order chi connectivity index (χ0) is 25.4. The van der Waals surface area contributed by atoms with Crippen LogP contribution in [0.2, 0.25) is 0 Å². The standard InChI is InChI=1S/C25H20BrN3O6/c1-33-21-8-6-19(7-9-21)28-25(30)18(14-27)11-17-12-23(34-2)24(13-22(17)26)35-15-16-4-3-5-20(10-16)29(31)32/h3-13H,15H2,1-2H3,(H,28,30)/b18-11-. The number of amides is 1. The first kappa shape index (κ1) is 25.3. The van der Waals surface area contributed by atoms with E-state index in [9.17, 15) is 20.2 Å². The minimum absolute atomic E-state index is 0.0309. The first-order chi connectivity index (χ1) is 16.8. The molecule has 0 spiro atoms. The van der Waals surface area contributed by atoms with E-state index < -0.39 is 10.8 Å². The van der Waals surface area contributed by atoms with Gasteiger partial charge >= 0.3 is 0 Å². The second kappa shape index (κ2) is 11.7. The molecular formula is C25H20BrN3O6. The van der Waals surface area contributed by atoms with E-state index in [0.29, 0.717) is 38.5 Å². The van der Waals surface area contributed by atoms with Crippen molar-refractivity contribution in [1.82, 2.24) is 0 Å². The molecule has 0 radical (unpaired) electrons. The van der Waals surface area contributed by atoms with Gasteiger partial charge in [-0.2, -0.15) is 5.26 Å². The highest BCUT2D eigenvalue weighted by Gasteiger charge is 2.15. The molecule has 1 amide bonds. The maximum Gasteiger partial charge on any atom is 0.269 e. The van der Waals surface area contributed by atoms with E-state index in [1.165, 1.54) is 25.3 Å². The summed E-state index contributed by atoms with van der Waals surface area (Å²) in [6.45, 7) is 0.0768. The molecule has 0 saturated heterocycles. The van der Waals surface area contributed by atoms with E-state index >= 15 is 0 Å². The number of nitrogens with one attached hydrogen (secondary N) is 1. The maximum atomic E-state index is 12.6. The number of carbonyl (C=O) groups excluding carboxylic acids is 1. The molecule has 0 aromatic heterocycles. The number of rotatable bonds is 9. The Hall–Kier alpha value is -4.36. The van der Waals surface area contributed by atoms with Gasteiger partial charge in [0, 0.05) is 22.3 Å². The third-order valence-electron chi connectivity index (χ3n) is 4.81. The molecule has 0 unspecified atom stereocenters. The van der Waals surface area contributed by atoms with Gasteiger partial charge in [-0.15, -0.1) is 0 Å². The molecule has 0 atom stereocenters. The van der Waals surface area contributed by atoms with Crippen LogP contribution in [0.4, 0.5) is 11.4 Å². The molecule has 9 nitrogen and oxygen atoms in total. The van der Waals surface area contributed by atoms with Crippen molar-refractivity contribution in [2.75, 3.05) is 19.5 Å². The first-order valence-corrected chi connectivity index (χ1v) is 10.9. The van der Waals surface area contributed by atoms with E-state index in [0.717, 1.165) is 0 Å². The molecule has 0 saturated carbocycles. The summed E-state index contributed by atoms with van der Waals surface area (Å²) in [5.74, 6) is 0.805. The fourth-order valence-electron chi connectivity index (χ4n) is 3.03. The number of methoxy groups -OCH3 is 2. The summed E-state index contributed by atoms with van der Waals surface area (Å²) in [5.41, 5.74) is 1.50. The molecule has 3 rings (SSSR count). The second-order valence-corrected chi connectivity index (χ2v) is 7.95. The topological polar surface area (TPSA) is 124 Å². The number of nitro benzene ring substituents is 1. The summed E-state index contributed by atoms with van der Waals surface area (Å²) >= 11 is 3.43. The van der Waals surface area contributed by atoms with Gasteiger partial charge < -0.3 is 19.5 Å². The van der Waals surface area contributed by atoms with E-state index in [1.54, 1.807) is 55.6 Å². The largest absolute Gasteiger partial charge is 0.497 e. The van der Waals surface area contributed by atoms with Crippen molar-refractivity contribution in [3.05, 3.63) is 92.0 Å². The smallest absolute Gasteiger partial charge is 0.269 e. The van der Waals surface area contributed by atoms with Crippen LogP contribution in [-0.4, -0.2) is 25.1 Å². The number of nitriles is 1. The van der Waals surface area contributed by atoms with Crippen molar-refractivity contribution in [2.45, 2.75) is 6.61 Å². The van der Waals surface area contributed by atoms with Crippen LogP contribution in [0.1, 0.15) is 11.1 Å². The van der Waals surface area contributed by atoms with Crippen LogP contribution >= 0.6 is 15.9 Å². The monoisotopic (exact) mass is 537 g/mol. The minimum atomic E-state index is -0.575. The number of benzene rings is 3. The number of hydrogen-bond acceptors (Lipinski definition) is 7. The van der Waals surface area contributed by atoms with E-state index in [-0.39, 0.29) is 17.9 Å². The zero-order valence-electron chi connectivity index (χ0n) is 18.8. The normalized spacial score (nSPS) is 10.7. The third-order valence-corrected chi connectivity index (χ3v) is 5.50.